The highest BCUT2D eigenvalue weighted by molar-refractivity contribution is 9.10. The molecule has 2 aromatic carbocycles. The summed E-state index contributed by atoms with van der Waals surface area (Å²) < 4.78 is 40.3. The largest absolute Gasteiger partial charge is 0.416 e. The molecule has 1 aromatic heterocycles. The molecule has 0 saturated heterocycles. The van der Waals surface area contributed by atoms with Crippen molar-refractivity contribution in [3.8, 4) is 0 Å². The Hall–Kier alpha value is -2.61. The van der Waals surface area contributed by atoms with Crippen molar-refractivity contribution in [3.05, 3.63) is 70.8 Å². The van der Waals surface area contributed by atoms with Crippen LogP contribution in [-0.4, -0.2) is 15.7 Å². The summed E-state index contributed by atoms with van der Waals surface area (Å²) in [5.41, 5.74) is 1.29. The van der Waals surface area contributed by atoms with Gasteiger partial charge in [-0.05, 0) is 57.9 Å². The number of nitrogens with one attached hydrogen (secondary N) is 1. The van der Waals surface area contributed by atoms with Crippen molar-refractivity contribution < 1.29 is 18.0 Å². The molecule has 8 heteroatoms. The van der Waals surface area contributed by atoms with E-state index in [1.165, 1.54) is 18.2 Å². The van der Waals surface area contributed by atoms with Crippen LogP contribution in [0.3, 0.4) is 0 Å². The molecule has 0 saturated carbocycles. The lowest BCUT2D eigenvalue weighted by Gasteiger charge is -2.09. The maximum atomic E-state index is 12.7. The van der Waals surface area contributed by atoms with Crippen LogP contribution in [0, 0.1) is 0 Å². The number of fused-ring (bicyclic) bond motifs is 1. The first-order valence-electron chi connectivity index (χ1n) is 7.53. The van der Waals surface area contributed by atoms with Crippen LogP contribution in [0.15, 0.2) is 59.7 Å². The first kappa shape index (κ1) is 18.2. The topological polar surface area (TPSA) is 46.9 Å². The third kappa shape index (κ3) is 3.80. The number of nitrogens with zero attached hydrogens (tertiary/aromatic N) is 2. The number of rotatable bonds is 4. The maximum Gasteiger partial charge on any atom is 0.416 e. The summed E-state index contributed by atoms with van der Waals surface area (Å²) in [7, 11) is 0. The Kier molecular flexibility index (Phi) is 4.86. The predicted octanol–water partition coefficient (Wildman–Crippen LogP) is 4.99. The Balaban J connectivity index is 1.93. The van der Waals surface area contributed by atoms with Gasteiger partial charge >= 0.3 is 6.18 Å². The molecule has 0 spiro atoms. The highest BCUT2D eigenvalue weighted by Gasteiger charge is 2.29. The van der Waals surface area contributed by atoms with Gasteiger partial charge in [0.2, 0.25) is 5.91 Å². The number of hydrogen-bond donors (Lipinski definition) is 1. The van der Waals surface area contributed by atoms with Crippen molar-refractivity contribution in [3.63, 3.8) is 0 Å². The maximum absolute atomic E-state index is 12.7. The van der Waals surface area contributed by atoms with Crippen LogP contribution < -0.4 is 5.32 Å². The van der Waals surface area contributed by atoms with Crippen molar-refractivity contribution in [2.24, 2.45) is 0 Å². The molecule has 26 heavy (non-hydrogen) atoms. The molecule has 0 aliphatic carbocycles. The van der Waals surface area contributed by atoms with Gasteiger partial charge in [-0.1, -0.05) is 18.7 Å². The Labute approximate surface area is 155 Å². The molecule has 134 valence electrons. The molecule has 0 radical (unpaired) electrons. The van der Waals surface area contributed by atoms with Crippen molar-refractivity contribution in [2.45, 2.75) is 12.7 Å². The van der Waals surface area contributed by atoms with E-state index in [9.17, 15) is 18.0 Å². The van der Waals surface area contributed by atoms with Gasteiger partial charge in [0, 0.05) is 11.1 Å². The fourth-order valence-corrected chi connectivity index (χ4v) is 3.02. The van der Waals surface area contributed by atoms with Crippen LogP contribution in [0.4, 0.5) is 18.9 Å². The highest BCUT2D eigenvalue weighted by atomic mass is 79.9. The van der Waals surface area contributed by atoms with Gasteiger partial charge in [-0.25, -0.2) is 0 Å². The SMILES string of the molecule is C=CC(=O)Nc1ccc2c(Br)nn(Cc3ccc(C(F)(F)F)cc3)c2c1. The third-order valence-corrected chi connectivity index (χ3v) is 4.36. The molecule has 1 heterocycles. The molecule has 1 N–H and O–H groups in total. The molecule has 0 unspecified atom stereocenters. The monoisotopic (exact) mass is 423 g/mol. The molecule has 1 amide bonds. The molecular weight excluding hydrogens is 411 g/mol. The minimum absolute atomic E-state index is 0.291. The number of halogens is 4. The second-order valence-electron chi connectivity index (χ2n) is 5.57. The second kappa shape index (κ2) is 6.95. The number of hydrogen-bond acceptors (Lipinski definition) is 2. The number of carbonyl (C=O) groups excluding carboxylic acids is 1. The van der Waals surface area contributed by atoms with Gasteiger partial charge in [0.05, 0.1) is 17.6 Å². The van der Waals surface area contributed by atoms with Crippen molar-refractivity contribution >= 4 is 38.4 Å². The van der Waals surface area contributed by atoms with E-state index >= 15 is 0 Å². The first-order chi connectivity index (χ1) is 12.3. The van der Waals surface area contributed by atoms with E-state index in [4.69, 9.17) is 0 Å². The minimum Gasteiger partial charge on any atom is -0.322 e. The fraction of sp³-hybridized carbons (Fsp3) is 0.111. The van der Waals surface area contributed by atoms with Crippen LogP contribution in [0.2, 0.25) is 0 Å². The van der Waals surface area contributed by atoms with Gasteiger partial charge in [0.15, 0.2) is 0 Å². The summed E-state index contributed by atoms with van der Waals surface area (Å²) in [5, 5.41) is 7.87. The van der Waals surface area contributed by atoms with E-state index in [0.717, 1.165) is 23.0 Å². The summed E-state index contributed by atoms with van der Waals surface area (Å²) in [4.78, 5) is 11.5. The average Bonchev–Trinajstić information content (AvgIpc) is 2.90. The Morgan fingerprint density at radius 2 is 1.92 bits per heavy atom. The van der Waals surface area contributed by atoms with E-state index in [-0.39, 0.29) is 5.91 Å². The van der Waals surface area contributed by atoms with E-state index in [1.807, 2.05) is 0 Å². The van der Waals surface area contributed by atoms with Gasteiger partial charge in [-0.3, -0.25) is 9.48 Å². The average molecular weight is 424 g/mol. The fourth-order valence-electron chi connectivity index (χ4n) is 2.50. The van der Waals surface area contributed by atoms with E-state index in [2.05, 4.69) is 32.9 Å². The van der Waals surface area contributed by atoms with Crippen LogP contribution in [0.25, 0.3) is 10.9 Å². The Morgan fingerprint density at radius 1 is 1.23 bits per heavy atom. The van der Waals surface area contributed by atoms with Crippen LogP contribution >= 0.6 is 15.9 Å². The Morgan fingerprint density at radius 3 is 2.54 bits per heavy atom. The molecule has 4 nitrogen and oxygen atoms in total. The summed E-state index contributed by atoms with van der Waals surface area (Å²) in [6.07, 6.45) is -3.20. The Bertz CT molecular complexity index is 978. The predicted molar refractivity (Wildman–Crippen MR) is 96.8 cm³/mol. The minimum atomic E-state index is -4.36. The zero-order chi connectivity index (χ0) is 18.9. The van der Waals surface area contributed by atoms with Gasteiger partial charge in [-0.15, -0.1) is 0 Å². The zero-order valence-electron chi connectivity index (χ0n) is 13.3. The van der Waals surface area contributed by atoms with Crippen LogP contribution in [0.5, 0.6) is 0 Å². The number of alkyl halides is 3. The number of benzene rings is 2. The smallest absolute Gasteiger partial charge is 0.322 e. The zero-order valence-corrected chi connectivity index (χ0v) is 14.9. The van der Waals surface area contributed by atoms with Crippen molar-refractivity contribution in [1.29, 1.82) is 0 Å². The van der Waals surface area contributed by atoms with Crippen molar-refractivity contribution in [1.82, 2.24) is 9.78 Å². The van der Waals surface area contributed by atoms with E-state index in [0.29, 0.717) is 22.4 Å². The molecule has 3 rings (SSSR count). The van der Waals surface area contributed by atoms with Gasteiger partial charge in [0.1, 0.15) is 4.60 Å². The molecule has 0 aliphatic heterocycles. The lowest BCUT2D eigenvalue weighted by atomic mass is 10.1. The summed E-state index contributed by atoms with van der Waals surface area (Å²) in [5.74, 6) is -0.336. The number of carbonyl (C=O) groups is 1. The molecule has 0 atom stereocenters. The second-order valence-corrected chi connectivity index (χ2v) is 6.32. The van der Waals surface area contributed by atoms with Crippen LogP contribution in [-0.2, 0) is 17.5 Å². The van der Waals surface area contributed by atoms with Crippen molar-refractivity contribution in [2.75, 3.05) is 5.32 Å². The van der Waals surface area contributed by atoms with E-state index in [1.54, 1.807) is 22.9 Å². The number of aromatic nitrogens is 2. The summed E-state index contributed by atoms with van der Waals surface area (Å²) >= 11 is 3.37. The molecular formula is C18H13BrF3N3O. The van der Waals surface area contributed by atoms with Crippen LogP contribution in [0.1, 0.15) is 11.1 Å². The van der Waals surface area contributed by atoms with Gasteiger partial charge in [0.25, 0.3) is 0 Å². The standard InChI is InChI=1S/C18H13BrF3N3O/c1-2-16(26)23-13-7-8-14-15(9-13)25(24-17(14)19)10-11-3-5-12(6-4-11)18(20,21)22/h2-9H,1,10H2,(H,23,26). The van der Waals surface area contributed by atoms with Gasteiger partial charge in [-0.2, -0.15) is 18.3 Å². The summed E-state index contributed by atoms with van der Waals surface area (Å²) in [6, 6.07) is 10.2. The molecule has 0 fully saturated rings. The highest BCUT2D eigenvalue weighted by Crippen LogP contribution is 2.30. The number of amides is 1. The van der Waals surface area contributed by atoms with E-state index < -0.39 is 11.7 Å². The summed E-state index contributed by atoms with van der Waals surface area (Å²) in [6.45, 7) is 3.69. The number of anilines is 1. The molecule has 0 bridgehead atoms. The molecule has 0 aliphatic rings. The quantitative estimate of drug-likeness (QED) is 0.600. The first-order valence-corrected chi connectivity index (χ1v) is 8.33. The lowest BCUT2D eigenvalue weighted by Crippen LogP contribution is -2.08. The normalized spacial score (nSPS) is 11.5. The lowest BCUT2D eigenvalue weighted by molar-refractivity contribution is -0.137. The van der Waals surface area contributed by atoms with Gasteiger partial charge < -0.3 is 5.32 Å². The molecule has 3 aromatic rings. The third-order valence-electron chi connectivity index (χ3n) is 3.77.